The topological polar surface area (TPSA) is 32.5 Å². The van der Waals surface area contributed by atoms with E-state index in [0.29, 0.717) is 16.2 Å². The Kier molecular flexibility index (Phi) is 3.67. The van der Waals surface area contributed by atoms with Gasteiger partial charge in [-0.05, 0) is 54.3 Å². The van der Waals surface area contributed by atoms with Gasteiger partial charge in [-0.15, -0.1) is 0 Å². The lowest BCUT2D eigenvalue weighted by molar-refractivity contribution is 0.260. The number of anilines is 2. The second-order valence-electron chi connectivity index (χ2n) is 5.46. The van der Waals surface area contributed by atoms with Crippen LogP contribution in [0.4, 0.5) is 15.8 Å². The highest BCUT2D eigenvalue weighted by atomic mass is 79.9. The van der Waals surface area contributed by atoms with Crippen LogP contribution in [0.5, 0.6) is 0 Å². The summed E-state index contributed by atoms with van der Waals surface area (Å²) in [6.45, 7) is 4.45. The Hall–Kier alpha value is -0.810. The zero-order valence-corrected chi connectivity index (χ0v) is 12.5. The summed E-state index contributed by atoms with van der Waals surface area (Å²) in [5, 5.41) is 0. The van der Waals surface area contributed by atoms with E-state index in [1.165, 1.54) is 38.4 Å². The number of nitrogens with two attached hydrogens (primary N) is 1. The van der Waals surface area contributed by atoms with Gasteiger partial charge in [0.1, 0.15) is 5.82 Å². The number of hydrogen-bond acceptors (Lipinski definition) is 3. The average Bonchev–Trinajstić information content (AvgIpc) is 3.03. The van der Waals surface area contributed by atoms with E-state index in [1.807, 2.05) is 0 Å². The van der Waals surface area contributed by atoms with E-state index in [4.69, 9.17) is 5.73 Å². The van der Waals surface area contributed by atoms with E-state index in [0.717, 1.165) is 18.8 Å². The predicted octanol–water partition coefficient (Wildman–Crippen LogP) is 2.84. The third kappa shape index (κ3) is 2.58. The second-order valence-corrected chi connectivity index (χ2v) is 6.31. The number of nitrogen functional groups attached to an aromatic ring is 1. The second kappa shape index (κ2) is 5.29. The van der Waals surface area contributed by atoms with Crippen molar-refractivity contribution >= 4 is 27.3 Å². The van der Waals surface area contributed by atoms with Crippen LogP contribution in [0.25, 0.3) is 0 Å². The van der Waals surface area contributed by atoms with Crippen LogP contribution in [0.2, 0.25) is 0 Å². The Bertz CT molecular complexity index is 474. The minimum absolute atomic E-state index is 0.295. The summed E-state index contributed by atoms with van der Waals surface area (Å²) < 4.78 is 13.9. The molecule has 0 amide bonds. The molecule has 1 aromatic rings. The molecule has 1 aromatic carbocycles. The van der Waals surface area contributed by atoms with E-state index >= 15 is 0 Å². The van der Waals surface area contributed by atoms with E-state index < -0.39 is 0 Å². The van der Waals surface area contributed by atoms with Gasteiger partial charge in [-0.2, -0.15) is 0 Å². The van der Waals surface area contributed by atoms with Gasteiger partial charge in [-0.1, -0.05) is 0 Å². The molecule has 3 rings (SSSR count). The average molecular weight is 328 g/mol. The third-order valence-corrected chi connectivity index (χ3v) is 4.84. The summed E-state index contributed by atoms with van der Waals surface area (Å²) in [5.74, 6) is -0.295. The van der Waals surface area contributed by atoms with Crippen molar-refractivity contribution < 1.29 is 4.39 Å². The SMILES string of the molecule is Nc1cc(F)c(Br)cc1N1CCC(N2CCCC2)C1. The fourth-order valence-corrected chi connectivity index (χ4v) is 3.52. The molecule has 0 bridgehead atoms. The fourth-order valence-electron chi connectivity index (χ4n) is 3.19. The van der Waals surface area contributed by atoms with Crippen LogP contribution < -0.4 is 10.6 Å². The predicted molar refractivity (Wildman–Crippen MR) is 79.9 cm³/mol. The van der Waals surface area contributed by atoms with E-state index in [1.54, 1.807) is 6.07 Å². The summed E-state index contributed by atoms with van der Waals surface area (Å²) in [5.41, 5.74) is 7.44. The first kappa shape index (κ1) is 13.2. The monoisotopic (exact) mass is 327 g/mol. The van der Waals surface area contributed by atoms with Gasteiger partial charge in [0.2, 0.25) is 0 Å². The number of benzene rings is 1. The summed E-state index contributed by atoms with van der Waals surface area (Å²) in [4.78, 5) is 4.86. The van der Waals surface area contributed by atoms with Crippen LogP contribution in [0.15, 0.2) is 16.6 Å². The van der Waals surface area contributed by atoms with Crippen LogP contribution in [0.1, 0.15) is 19.3 Å². The van der Waals surface area contributed by atoms with Crippen molar-refractivity contribution in [3.63, 3.8) is 0 Å². The van der Waals surface area contributed by atoms with Gasteiger partial charge in [0.15, 0.2) is 0 Å². The highest BCUT2D eigenvalue weighted by molar-refractivity contribution is 9.10. The first-order valence-electron chi connectivity index (χ1n) is 6.88. The maximum absolute atomic E-state index is 13.4. The van der Waals surface area contributed by atoms with E-state index in [-0.39, 0.29) is 5.82 Å². The highest BCUT2D eigenvalue weighted by Gasteiger charge is 2.30. The Balaban J connectivity index is 1.75. The number of likely N-dealkylation sites (tertiary alicyclic amines) is 1. The van der Waals surface area contributed by atoms with Crippen LogP contribution in [-0.4, -0.2) is 37.1 Å². The third-order valence-electron chi connectivity index (χ3n) is 4.23. The zero-order chi connectivity index (χ0) is 13.4. The normalized spacial score (nSPS) is 24.3. The maximum atomic E-state index is 13.4. The smallest absolute Gasteiger partial charge is 0.139 e. The number of nitrogens with zero attached hydrogens (tertiary/aromatic N) is 2. The summed E-state index contributed by atoms with van der Waals surface area (Å²) in [6, 6.07) is 3.84. The standard InChI is InChI=1S/C14H19BrFN3/c15-11-7-14(13(17)8-12(11)16)19-6-3-10(9-19)18-4-1-2-5-18/h7-8,10H,1-6,9,17H2. The molecule has 2 aliphatic rings. The number of halogens is 2. The van der Waals surface area contributed by atoms with Crippen molar-refractivity contribution in [2.45, 2.75) is 25.3 Å². The van der Waals surface area contributed by atoms with Gasteiger partial charge < -0.3 is 10.6 Å². The molecular formula is C14H19BrFN3. The lowest BCUT2D eigenvalue weighted by Crippen LogP contribution is -2.35. The minimum Gasteiger partial charge on any atom is -0.397 e. The van der Waals surface area contributed by atoms with Crippen molar-refractivity contribution in [1.82, 2.24) is 4.90 Å². The summed E-state index contributed by atoms with van der Waals surface area (Å²) >= 11 is 3.24. The van der Waals surface area contributed by atoms with Crippen LogP contribution >= 0.6 is 15.9 Å². The minimum atomic E-state index is -0.295. The molecule has 19 heavy (non-hydrogen) atoms. The lowest BCUT2D eigenvalue weighted by Gasteiger charge is -2.25. The van der Waals surface area contributed by atoms with Crippen molar-refractivity contribution in [2.24, 2.45) is 0 Å². The summed E-state index contributed by atoms with van der Waals surface area (Å²) in [7, 11) is 0. The quantitative estimate of drug-likeness (QED) is 0.848. The maximum Gasteiger partial charge on any atom is 0.139 e. The largest absolute Gasteiger partial charge is 0.397 e. The number of hydrogen-bond donors (Lipinski definition) is 1. The molecule has 0 radical (unpaired) electrons. The summed E-state index contributed by atoms with van der Waals surface area (Å²) in [6.07, 6.45) is 3.82. The Morgan fingerprint density at radius 2 is 1.95 bits per heavy atom. The molecule has 2 aliphatic heterocycles. The van der Waals surface area contributed by atoms with Crippen molar-refractivity contribution in [2.75, 3.05) is 36.8 Å². The Morgan fingerprint density at radius 3 is 2.68 bits per heavy atom. The van der Waals surface area contributed by atoms with E-state index in [9.17, 15) is 4.39 Å². The van der Waals surface area contributed by atoms with Gasteiger partial charge in [-0.3, -0.25) is 4.90 Å². The van der Waals surface area contributed by atoms with Crippen molar-refractivity contribution in [3.05, 3.63) is 22.4 Å². The Morgan fingerprint density at radius 1 is 1.21 bits per heavy atom. The van der Waals surface area contributed by atoms with Crippen LogP contribution in [0, 0.1) is 5.82 Å². The molecule has 3 nitrogen and oxygen atoms in total. The van der Waals surface area contributed by atoms with Crippen molar-refractivity contribution in [1.29, 1.82) is 0 Å². The van der Waals surface area contributed by atoms with Crippen LogP contribution in [0.3, 0.4) is 0 Å². The molecule has 2 fully saturated rings. The van der Waals surface area contributed by atoms with Gasteiger partial charge in [-0.25, -0.2) is 4.39 Å². The van der Waals surface area contributed by atoms with E-state index in [2.05, 4.69) is 25.7 Å². The fraction of sp³-hybridized carbons (Fsp3) is 0.571. The number of rotatable bonds is 2. The molecule has 2 saturated heterocycles. The molecule has 0 spiro atoms. The molecule has 2 heterocycles. The molecule has 2 N–H and O–H groups in total. The molecule has 1 atom stereocenters. The lowest BCUT2D eigenvalue weighted by atomic mass is 10.2. The molecule has 0 aliphatic carbocycles. The first-order chi connectivity index (χ1) is 9.15. The molecular weight excluding hydrogens is 309 g/mol. The first-order valence-corrected chi connectivity index (χ1v) is 7.68. The molecule has 0 aromatic heterocycles. The van der Waals surface area contributed by atoms with Crippen molar-refractivity contribution in [3.8, 4) is 0 Å². The molecule has 5 heteroatoms. The van der Waals surface area contributed by atoms with Gasteiger partial charge in [0.25, 0.3) is 0 Å². The zero-order valence-electron chi connectivity index (χ0n) is 10.9. The molecule has 104 valence electrons. The molecule has 1 unspecified atom stereocenters. The van der Waals surface area contributed by atoms with Gasteiger partial charge in [0, 0.05) is 25.2 Å². The van der Waals surface area contributed by atoms with Gasteiger partial charge >= 0.3 is 0 Å². The Labute approximate surface area is 121 Å². The van der Waals surface area contributed by atoms with Gasteiger partial charge in [0.05, 0.1) is 15.8 Å². The van der Waals surface area contributed by atoms with Crippen LogP contribution in [-0.2, 0) is 0 Å². The molecule has 0 saturated carbocycles. The highest BCUT2D eigenvalue weighted by Crippen LogP contribution is 2.33.